The topological polar surface area (TPSA) is 108 Å². The van der Waals surface area contributed by atoms with Crippen LogP contribution in [0.2, 0.25) is 0 Å². The molecule has 0 bridgehead atoms. The molecular formula is C24H25N3O5S. The number of para-hydroxylation sites is 1. The number of amides is 1. The minimum Gasteiger partial charge on any atom is -0.504 e. The second-order valence-electron chi connectivity index (χ2n) is 7.31. The van der Waals surface area contributed by atoms with E-state index in [1.54, 1.807) is 55.5 Å². The molecule has 3 rings (SSSR count). The number of phenols is 1. The van der Waals surface area contributed by atoms with Crippen molar-refractivity contribution in [1.29, 1.82) is 0 Å². The summed E-state index contributed by atoms with van der Waals surface area (Å²) in [6.45, 7) is 3.21. The summed E-state index contributed by atoms with van der Waals surface area (Å²) in [5.74, 6) is -0.505. The summed E-state index contributed by atoms with van der Waals surface area (Å²) in [6.07, 6.45) is 1.25. The smallest absolute Gasteiger partial charge is 0.264 e. The first-order chi connectivity index (χ1) is 15.7. The third-order valence-electron chi connectivity index (χ3n) is 4.88. The van der Waals surface area contributed by atoms with Crippen LogP contribution < -0.4 is 14.5 Å². The number of ether oxygens (including phenoxy) is 1. The molecule has 0 fully saturated rings. The molecule has 0 radical (unpaired) electrons. The number of anilines is 1. The van der Waals surface area contributed by atoms with Crippen molar-refractivity contribution in [3.05, 3.63) is 83.4 Å². The van der Waals surface area contributed by atoms with Crippen molar-refractivity contribution in [2.75, 3.05) is 18.0 Å². The zero-order valence-electron chi connectivity index (χ0n) is 18.5. The second kappa shape index (κ2) is 10.2. The van der Waals surface area contributed by atoms with Crippen molar-refractivity contribution in [2.24, 2.45) is 5.10 Å². The van der Waals surface area contributed by atoms with E-state index >= 15 is 0 Å². The molecule has 33 heavy (non-hydrogen) atoms. The van der Waals surface area contributed by atoms with Gasteiger partial charge in [-0.2, -0.15) is 5.10 Å². The van der Waals surface area contributed by atoms with E-state index in [0.29, 0.717) is 16.8 Å². The maximum Gasteiger partial charge on any atom is 0.264 e. The summed E-state index contributed by atoms with van der Waals surface area (Å²) in [7, 11) is -2.59. The Kier molecular flexibility index (Phi) is 7.34. The number of methoxy groups -OCH3 is 1. The lowest BCUT2D eigenvalue weighted by Crippen LogP contribution is -2.40. The molecule has 0 aliphatic heterocycles. The van der Waals surface area contributed by atoms with E-state index in [9.17, 15) is 18.3 Å². The van der Waals surface area contributed by atoms with Gasteiger partial charge in [-0.05, 0) is 49.7 Å². The number of hydrazone groups is 1. The molecule has 0 spiro atoms. The van der Waals surface area contributed by atoms with Gasteiger partial charge in [-0.25, -0.2) is 13.8 Å². The van der Waals surface area contributed by atoms with Crippen LogP contribution in [-0.4, -0.2) is 39.3 Å². The predicted molar refractivity (Wildman–Crippen MR) is 127 cm³/mol. The molecule has 2 N–H and O–H groups in total. The van der Waals surface area contributed by atoms with Gasteiger partial charge >= 0.3 is 0 Å². The lowest BCUT2D eigenvalue weighted by atomic mass is 10.1. The number of aryl methyl sites for hydroxylation is 2. The molecule has 0 heterocycles. The van der Waals surface area contributed by atoms with E-state index in [1.807, 2.05) is 13.0 Å². The number of carbonyl (C=O) groups is 1. The number of hydrogen-bond acceptors (Lipinski definition) is 6. The van der Waals surface area contributed by atoms with E-state index in [2.05, 4.69) is 10.5 Å². The maximum atomic E-state index is 13.4. The van der Waals surface area contributed by atoms with Gasteiger partial charge in [0.05, 0.1) is 23.9 Å². The lowest BCUT2D eigenvalue weighted by molar-refractivity contribution is -0.119. The van der Waals surface area contributed by atoms with E-state index in [0.717, 1.165) is 9.87 Å². The van der Waals surface area contributed by atoms with Crippen LogP contribution in [-0.2, 0) is 14.8 Å². The van der Waals surface area contributed by atoms with Gasteiger partial charge in [0.1, 0.15) is 6.54 Å². The number of sulfonamides is 1. The molecule has 172 valence electrons. The third kappa shape index (κ3) is 5.50. The predicted octanol–water partition coefficient (Wildman–Crippen LogP) is 3.36. The number of rotatable bonds is 8. The minimum atomic E-state index is -4.01. The van der Waals surface area contributed by atoms with E-state index in [-0.39, 0.29) is 16.4 Å². The highest BCUT2D eigenvalue weighted by Gasteiger charge is 2.28. The Hall–Kier alpha value is -3.85. The molecule has 0 saturated heterocycles. The van der Waals surface area contributed by atoms with Crippen LogP contribution in [0.3, 0.4) is 0 Å². The number of aromatic hydroxyl groups is 1. The quantitative estimate of drug-likeness (QED) is 0.390. The van der Waals surface area contributed by atoms with Crippen molar-refractivity contribution in [3.8, 4) is 11.5 Å². The maximum absolute atomic E-state index is 13.4. The van der Waals surface area contributed by atoms with Gasteiger partial charge in [-0.3, -0.25) is 9.10 Å². The number of hydrogen-bond donors (Lipinski definition) is 2. The zero-order valence-corrected chi connectivity index (χ0v) is 19.3. The molecule has 0 atom stereocenters. The Labute approximate surface area is 193 Å². The Balaban J connectivity index is 1.87. The Morgan fingerprint density at radius 1 is 1.09 bits per heavy atom. The van der Waals surface area contributed by atoms with Crippen LogP contribution >= 0.6 is 0 Å². The van der Waals surface area contributed by atoms with Crippen LogP contribution in [0.15, 0.2) is 76.7 Å². The number of phenolic OH excluding ortho intramolecular Hbond substituents is 1. The summed E-state index contributed by atoms with van der Waals surface area (Å²) in [5.41, 5.74) is 4.74. The fourth-order valence-electron chi connectivity index (χ4n) is 3.25. The molecule has 0 aromatic heterocycles. The van der Waals surface area contributed by atoms with Crippen LogP contribution in [0, 0.1) is 13.8 Å². The van der Waals surface area contributed by atoms with Gasteiger partial charge in [-0.1, -0.05) is 42.0 Å². The highest BCUT2D eigenvalue weighted by Crippen LogP contribution is 2.28. The highest BCUT2D eigenvalue weighted by atomic mass is 32.2. The van der Waals surface area contributed by atoms with Crippen molar-refractivity contribution < 1.29 is 23.1 Å². The van der Waals surface area contributed by atoms with Gasteiger partial charge in [0.2, 0.25) is 0 Å². The number of carbonyl (C=O) groups excluding carboxylic acids is 1. The Morgan fingerprint density at radius 3 is 2.48 bits per heavy atom. The van der Waals surface area contributed by atoms with Gasteiger partial charge < -0.3 is 9.84 Å². The number of nitrogens with one attached hydrogen (secondary N) is 1. The minimum absolute atomic E-state index is 0.0718. The van der Waals surface area contributed by atoms with Crippen molar-refractivity contribution in [1.82, 2.24) is 5.43 Å². The monoisotopic (exact) mass is 467 g/mol. The first-order valence-corrected chi connectivity index (χ1v) is 11.5. The van der Waals surface area contributed by atoms with Crippen LogP contribution in [0.1, 0.15) is 16.7 Å². The summed E-state index contributed by atoms with van der Waals surface area (Å²) in [6, 6.07) is 18.1. The fourth-order valence-corrected chi connectivity index (χ4v) is 4.76. The summed E-state index contributed by atoms with van der Waals surface area (Å²) >= 11 is 0. The van der Waals surface area contributed by atoms with E-state index < -0.39 is 22.5 Å². The van der Waals surface area contributed by atoms with Crippen LogP contribution in [0.5, 0.6) is 11.5 Å². The first-order valence-electron chi connectivity index (χ1n) is 10.1. The van der Waals surface area contributed by atoms with Crippen molar-refractivity contribution in [3.63, 3.8) is 0 Å². The number of nitrogens with zero attached hydrogens (tertiary/aromatic N) is 2. The standard InChI is InChI=1S/C24H25N3O5S/c1-17-12-13-21(18(2)14-17)27(33(30,31)20-9-5-4-6-10-20)16-23(28)26-25-15-19-8-7-11-22(32-3)24(19)29/h4-15,29H,16H2,1-3H3,(H,26,28)/b25-15-. The van der Waals surface area contributed by atoms with Gasteiger partial charge in [0, 0.05) is 5.56 Å². The van der Waals surface area contributed by atoms with Crippen LogP contribution in [0.4, 0.5) is 5.69 Å². The fraction of sp³-hybridized carbons (Fsp3) is 0.167. The SMILES string of the molecule is COc1cccc(/C=N\NC(=O)CN(c2ccc(C)cc2C)S(=O)(=O)c2ccccc2)c1O. The summed E-state index contributed by atoms with van der Waals surface area (Å²) in [4.78, 5) is 12.7. The normalized spacial score (nSPS) is 11.4. The summed E-state index contributed by atoms with van der Waals surface area (Å²) in [5, 5.41) is 14.0. The highest BCUT2D eigenvalue weighted by molar-refractivity contribution is 7.92. The molecule has 1 amide bonds. The van der Waals surface area contributed by atoms with Gasteiger partial charge in [-0.15, -0.1) is 0 Å². The van der Waals surface area contributed by atoms with E-state index in [1.165, 1.54) is 25.5 Å². The molecule has 9 heteroatoms. The average Bonchev–Trinajstić information content (AvgIpc) is 2.79. The van der Waals surface area contributed by atoms with Crippen LogP contribution in [0.25, 0.3) is 0 Å². The molecule has 0 saturated carbocycles. The Bertz CT molecular complexity index is 1270. The number of benzene rings is 3. The molecule has 3 aromatic rings. The largest absolute Gasteiger partial charge is 0.504 e. The molecule has 3 aromatic carbocycles. The van der Waals surface area contributed by atoms with Gasteiger partial charge in [0.15, 0.2) is 11.5 Å². The Morgan fingerprint density at radius 2 is 1.82 bits per heavy atom. The second-order valence-corrected chi connectivity index (χ2v) is 9.17. The molecular weight excluding hydrogens is 442 g/mol. The third-order valence-corrected chi connectivity index (χ3v) is 6.66. The molecule has 8 nitrogen and oxygen atoms in total. The molecule has 0 aliphatic rings. The first kappa shape index (κ1) is 23.8. The van der Waals surface area contributed by atoms with Crippen molar-refractivity contribution >= 4 is 27.8 Å². The zero-order chi connectivity index (χ0) is 24.0. The van der Waals surface area contributed by atoms with E-state index in [4.69, 9.17) is 4.74 Å². The van der Waals surface area contributed by atoms with Crippen molar-refractivity contribution in [2.45, 2.75) is 18.7 Å². The lowest BCUT2D eigenvalue weighted by Gasteiger charge is -2.25. The molecule has 0 aliphatic carbocycles. The molecule has 0 unspecified atom stereocenters. The van der Waals surface area contributed by atoms with Gasteiger partial charge in [0.25, 0.3) is 15.9 Å². The summed E-state index contributed by atoms with van der Waals surface area (Å²) < 4.78 is 32.9. The average molecular weight is 468 g/mol.